The second-order valence-electron chi connectivity index (χ2n) is 8.02. The van der Waals surface area contributed by atoms with Gasteiger partial charge in [0.2, 0.25) is 0 Å². The molecule has 3 rings (SSSR count). The fourth-order valence-electron chi connectivity index (χ4n) is 4.89. The Morgan fingerprint density at radius 1 is 0.920 bits per heavy atom. The van der Waals surface area contributed by atoms with E-state index < -0.39 is 0 Å². The maximum Gasteiger partial charge on any atom is 0.119 e. The average molecular weight is 361 g/mol. The number of halogens is 1. The van der Waals surface area contributed by atoms with Crippen LogP contribution >= 0.6 is 11.6 Å². The first-order chi connectivity index (χ1) is 12.3. The molecule has 2 fully saturated rings. The number of hydrogen-bond donors (Lipinski definition) is 0. The van der Waals surface area contributed by atoms with Gasteiger partial charge in [-0.05, 0) is 99.2 Å². The van der Waals surface area contributed by atoms with Gasteiger partial charge in [0.15, 0.2) is 0 Å². The van der Waals surface area contributed by atoms with Crippen molar-refractivity contribution in [3.63, 3.8) is 0 Å². The molecular formula is C23H33ClO. The molecule has 138 valence electrons. The smallest absolute Gasteiger partial charge is 0.119 e. The minimum atomic E-state index is 0.735. The summed E-state index contributed by atoms with van der Waals surface area (Å²) in [6, 6.07) is 8.89. The van der Waals surface area contributed by atoms with Gasteiger partial charge < -0.3 is 4.74 Å². The van der Waals surface area contributed by atoms with Crippen LogP contribution in [0.1, 0.15) is 76.2 Å². The number of rotatable bonds is 6. The quantitative estimate of drug-likeness (QED) is 0.516. The molecule has 0 spiro atoms. The molecule has 0 aromatic heterocycles. The van der Waals surface area contributed by atoms with Crippen molar-refractivity contribution in [1.29, 1.82) is 0 Å². The molecule has 1 aromatic carbocycles. The predicted molar refractivity (Wildman–Crippen MR) is 107 cm³/mol. The van der Waals surface area contributed by atoms with Crippen molar-refractivity contribution in [2.24, 2.45) is 17.8 Å². The molecule has 0 unspecified atom stereocenters. The summed E-state index contributed by atoms with van der Waals surface area (Å²) in [4.78, 5) is 0. The van der Waals surface area contributed by atoms with E-state index in [0.29, 0.717) is 0 Å². The molecule has 1 nitrogen and oxygen atoms in total. The van der Waals surface area contributed by atoms with Gasteiger partial charge in [0, 0.05) is 5.54 Å². The molecule has 0 heterocycles. The fourth-order valence-corrected chi connectivity index (χ4v) is 5.10. The topological polar surface area (TPSA) is 9.23 Å². The lowest BCUT2D eigenvalue weighted by molar-refractivity contribution is 0.171. The standard InChI is InChI=1S/C23H33ClO/c1-2-17-25-23-13-11-22(12-14-23)21-9-7-20(8-10-21)19-5-3-18(4-6-19)15-16-24/h11-16,18-21H,2-10,17H2,1H3/b16-15+. The van der Waals surface area contributed by atoms with E-state index in [1.54, 1.807) is 5.54 Å². The normalized spacial score (nSPS) is 30.5. The summed E-state index contributed by atoms with van der Waals surface area (Å²) in [7, 11) is 0. The van der Waals surface area contributed by atoms with E-state index in [1.807, 2.05) is 0 Å². The third-order valence-electron chi connectivity index (χ3n) is 6.42. The SMILES string of the molecule is CCCOc1ccc(C2CCC(C3CCC(/C=C/Cl)CC3)CC2)cc1. The van der Waals surface area contributed by atoms with Crippen molar-refractivity contribution in [2.75, 3.05) is 6.61 Å². The first-order valence-electron chi connectivity index (χ1n) is 10.3. The van der Waals surface area contributed by atoms with Gasteiger partial charge in [-0.2, -0.15) is 0 Å². The van der Waals surface area contributed by atoms with Gasteiger partial charge in [-0.1, -0.05) is 36.7 Å². The summed E-state index contributed by atoms with van der Waals surface area (Å²) in [5.74, 6) is 4.43. The van der Waals surface area contributed by atoms with Crippen LogP contribution in [0, 0.1) is 17.8 Å². The second kappa shape index (κ2) is 9.67. The zero-order valence-corrected chi connectivity index (χ0v) is 16.4. The zero-order chi connectivity index (χ0) is 17.5. The number of allylic oxidation sites excluding steroid dienone is 1. The molecule has 0 saturated heterocycles. The van der Waals surface area contributed by atoms with Crippen LogP contribution in [0.5, 0.6) is 5.75 Å². The summed E-state index contributed by atoms with van der Waals surface area (Å²) in [6.45, 7) is 2.96. The zero-order valence-electron chi connectivity index (χ0n) is 15.6. The highest BCUT2D eigenvalue weighted by molar-refractivity contribution is 6.25. The molecule has 1 aromatic rings. The van der Waals surface area contributed by atoms with Gasteiger partial charge in [-0.3, -0.25) is 0 Å². The van der Waals surface area contributed by atoms with Crippen molar-refractivity contribution in [3.8, 4) is 5.75 Å². The van der Waals surface area contributed by atoms with Gasteiger partial charge >= 0.3 is 0 Å². The maximum absolute atomic E-state index is 5.74. The van der Waals surface area contributed by atoms with Gasteiger partial charge in [-0.15, -0.1) is 0 Å². The van der Waals surface area contributed by atoms with Crippen molar-refractivity contribution in [2.45, 2.75) is 70.6 Å². The number of hydrogen-bond acceptors (Lipinski definition) is 1. The molecule has 25 heavy (non-hydrogen) atoms. The van der Waals surface area contributed by atoms with Crippen LogP contribution in [0.2, 0.25) is 0 Å². The highest BCUT2D eigenvalue weighted by Gasteiger charge is 2.30. The Balaban J connectivity index is 1.45. The molecule has 0 bridgehead atoms. The Morgan fingerprint density at radius 3 is 2.08 bits per heavy atom. The Bertz CT molecular complexity index is 520. The molecule has 0 amide bonds. The summed E-state index contributed by atoms with van der Waals surface area (Å²) >= 11 is 5.74. The summed E-state index contributed by atoms with van der Waals surface area (Å²) < 4.78 is 5.71. The number of ether oxygens (including phenoxy) is 1. The second-order valence-corrected chi connectivity index (χ2v) is 8.27. The molecule has 2 aliphatic carbocycles. The number of benzene rings is 1. The summed E-state index contributed by atoms with van der Waals surface area (Å²) in [5.41, 5.74) is 3.23. The lowest BCUT2D eigenvalue weighted by atomic mass is 9.68. The van der Waals surface area contributed by atoms with E-state index in [9.17, 15) is 0 Å². The molecule has 2 heteroatoms. The lowest BCUT2D eigenvalue weighted by Gasteiger charge is -2.37. The Hall–Kier alpha value is -0.950. The molecule has 2 saturated carbocycles. The average Bonchev–Trinajstić information content (AvgIpc) is 2.68. The van der Waals surface area contributed by atoms with E-state index >= 15 is 0 Å². The van der Waals surface area contributed by atoms with E-state index in [2.05, 4.69) is 37.3 Å². The molecule has 0 aliphatic heterocycles. The fraction of sp³-hybridized carbons (Fsp3) is 0.652. The predicted octanol–water partition coefficient (Wildman–Crippen LogP) is 7.31. The first kappa shape index (κ1) is 18.8. The van der Waals surface area contributed by atoms with Crippen molar-refractivity contribution in [3.05, 3.63) is 41.4 Å². The monoisotopic (exact) mass is 360 g/mol. The third kappa shape index (κ3) is 5.26. The van der Waals surface area contributed by atoms with Crippen molar-refractivity contribution >= 4 is 11.6 Å². The first-order valence-corrected chi connectivity index (χ1v) is 10.7. The molecule has 2 aliphatic rings. The Kier molecular flexibility index (Phi) is 7.28. The van der Waals surface area contributed by atoms with E-state index in [-0.39, 0.29) is 0 Å². The summed E-state index contributed by atoms with van der Waals surface area (Å²) in [5, 5.41) is 0. The maximum atomic E-state index is 5.74. The van der Waals surface area contributed by atoms with Crippen LogP contribution in [0.25, 0.3) is 0 Å². The van der Waals surface area contributed by atoms with Crippen LogP contribution in [0.4, 0.5) is 0 Å². The van der Waals surface area contributed by atoms with Gasteiger partial charge in [0.25, 0.3) is 0 Å². The van der Waals surface area contributed by atoms with Crippen molar-refractivity contribution in [1.82, 2.24) is 0 Å². The van der Waals surface area contributed by atoms with Crippen LogP contribution in [0.15, 0.2) is 35.9 Å². The minimum Gasteiger partial charge on any atom is -0.494 e. The van der Waals surface area contributed by atoms with Gasteiger partial charge in [-0.25, -0.2) is 0 Å². The molecule has 0 radical (unpaired) electrons. The Morgan fingerprint density at radius 2 is 1.52 bits per heavy atom. The van der Waals surface area contributed by atoms with E-state index in [4.69, 9.17) is 16.3 Å². The molecule has 0 atom stereocenters. The van der Waals surface area contributed by atoms with Crippen LogP contribution in [0.3, 0.4) is 0 Å². The third-order valence-corrected chi connectivity index (χ3v) is 6.57. The van der Waals surface area contributed by atoms with Crippen molar-refractivity contribution < 1.29 is 4.74 Å². The van der Waals surface area contributed by atoms with Crippen LogP contribution in [-0.2, 0) is 0 Å². The largest absolute Gasteiger partial charge is 0.494 e. The van der Waals surface area contributed by atoms with Crippen LogP contribution in [-0.4, -0.2) is 6.61 Å². The highest BCUT2D eigenvalue weighted by atomic mass is 35.5. The van der Waals surface area contributed by atoms with E-state index in [1.165, 1.54) is 56.9 Å². The van der Waals surface area contributed by atoms with Gasteiger partial charge in [0.05, 0.1) is 6.61 Å². The van der Waals surface area contributed by atoms with E-state index in [0.717, 1.165) is 42.4 Å². The lowest BCUT2D eigenvalue weighted by Crippen LogP contribution is -2.25. The van der Waals surface area contributed by atoms with Gasteiger partial charge in [0.1, 0.15) is 5.75 Å². The summed E-state index contributed by atoms with van der Waals surface area (Å²) in [6.07, 6.45) is 14.3. The van der Waals surface area contributed by atoms with Crippen LogP contribution < -0.4 is 4.74 Å². The molecular weight excluding hydrogens is 328 g/mol. The Labute approximate surface area is 158 Å². The molecule has 0 N–H and O–H groups in total. The minimum absolute atomic E-state index is 0.735. The highest BCUT2D eigenvalue weighted by Crippen LogP contribution is 2.44.